The number of piperidine rings is 1. The Kier molecular flexibility index (Phi) is 5.62. The van der Waals surface area contributed by atoms with Gasteiger partial charge in [0.05, 0.1) is 6.61 Å². The van der Waals surface area contributed by atoms with E-state index in [1.807, 2.05) is 24.3 Å². The number of hydrogen-bond acceptors (Lipinski definition) is 3. The van der Waals surface area contributed by atoms with Crippen molar-refractivity contribution in [3.63, 3.8) is 0 Å². The lowest BCUT2D eigenvalue weighted by molar-refractivity contribution is 0.0919. The van der Waals surface area contributed by atoms with Crippen LogP contribution in [-0.2, 0) is 11.3 Å². The minimum Gasteiger partial charge on any atom is -0.380 e. The highest BCUT2D eigenvalue weighted by Gasteiger charge is 2.34. The van der Waals surface area contributed by atoms with Crippen LogP contribution < -0.4 is 10.6 Å². The van der Waals surface area contributed by atoms with Gasteiger partial charge >= 0.3 is 0 Å². The van der Waals surface area contributed by atoms with E-state index in [-0.39, 0.29) is 18.3 Å². The fourth-order valence-corrected chi connectivity index (χ4v) is 3.46. The van der Waals surface area contributed by atoms with Crippen molar-refractivity contribution in [3.05, 3.63) is 35.4 Å². The summed E-state index contributed by atoms with van der Waals surface area (Å²) in [6.07, 6.45) is 4.60. The van der Waals surface area contributed by atoms with Gasteiger partial charge in [-0.3, -0.25) is 4.79 Å². The fraction of sp³-hybridized carbons (Fsp3) is 0.562. The first-order valence-corrected chi connectivity index (χ1v) is 7.40. The number of halogens is 1. The molecule has 2 bridgehead atoms. The van der Waals surface area contributed by atoms with Crippen LogP contribution in [0.4, 0.5) is 0 Å². The molecule has 0 spiro atoms. The lowest BCUT2D eigenvalue weighted by atomic mass is 9.99. The molecular formula is C16H23ClN2O2. The number of hydrogen-bond donors (Lipinski definition) is 2. The number of methoxy groups -OCH3 is 1. The number of carbonyl (C=O) groups is 1. The predicted octanol–water partition coefficient (Wildman–Crippen LogP) is 2.27. The number of amides is 1. The van der Waals surface area contributed by atoms with Crippen molar-refractivity contribution in [2.45, 2.75) is 50.4 Å². The smallest absolute Gasteiger partial charge is 0.251 e. The fourth-order valence-electron chi connectivity index (χ4n) is 3.46. The van der Waals surface area contributed by atoms with E-state index < -0.39 is 0 Å². The average Bonchev–Trinajstić information content (AvgIpc) is 2.79. The summed E-state index contributed by atoms with van der Waals surface area (Å²) in [5.74, 6) is 0.0314. The Morgan fingerprint density at radius 3 is 2.62 bits per heavy atom. The lowest BCUT2D eigenvalue weighted by Crippen LogP contribution is -2.48. The number of fused-ring (bicyclic) bond motifs is 2. The predicted molar refractivity (Wildman–Crippen MR) is 84.8 cm³/mol. The van der Waals surface area contributed by atoms with Crippen molar-refractivity contribution in [2.75, 3.05) is 7.11 Å². The second-order valence-electron chi connectivity index (χ2n) is 5.87. The molecule has 116 valence electrons. The minimum atomic E-state index is 0. The highest BCUT2D eigenvalue weighted by Crippen LogP contribution is 2.27. The Hall–Kier alpha value is -1.10. The first-order chi connectivity index (χ1) is 9.76. The van der Waals surface area contributed by atoms with Crippen LogP contribution in [0.1, 0.15) is 41.6 Å². The van der Waals surface area contributed by atoms with Gasteiger partial charge in [0.1, 0.15) is 0 Å². The van der Waals surface area contributed by atoms with Crippen LogP contribution in [0.2, 0.25) is 0 Å². The van der Waals surface area contributed by atoms with Crippen LogP contribution in [0.5, 0.6) is 0 Å². The third-order valence-corrected chi connectivity index (χ3v) is 4.37. The number of rotatable bonds is 4. The van der Waals surface area contributed by atoms with E-state index in [0.29, 0.717) is 24.7 Å². The van der Waals surface area contributed by atoms with E-state index in [4.69, 9.17) is 4.74 Å². The molecule has 1 amide bonds. The van der Waals surface area contributed by atoms with Gasteiger partial charge in [-0.15, -0.1) is 12.4 Å². The van der Waals surface area contributed by atoms with Crippen LogP contribution >= 0.6 is 12.4 Å². The van der Waals surface area contributed by atoms with Gasteiger partial charge in [0.25, 0.3) is 5.91 Å². The second kappa shape index (κ2) is 7.25. The van der Waals surface area contributed by atoms with Crippen LogP contribution in [0.3, 0.4) is 0 Å². The van der Waals surface area contributed by atoms with Gasteiger partial charge in [-0.1, -0.05) is 18.2 Å². The quantitative estimate of drug-likeness (QED) is 0.897. The number of nitrogens with one attached hydrogen (secondary N) is 2. The Labute approximate surface area is 132 Å². The molecule has 1 aromatic rings. The van der Waals surface area contributed by atoms with Crippen molar-refractivity contribution in [1.29, 1.82) is 0 Å². The van der Waals surface area contributed by atoms with Crippen molar-refractivity contribution < 1.29 is 9.53 Å². The Balaban J connectivity index is 0.00000161. The molecule has 2 atom stereocenters. The van der Waals surface area contributed by atoms with Gasteiger partial charge < -0.3 is 15.4 Å². The Morgan fingerprint density at radius 1 is 1.29 bits per heavy atom. The molecule has 2 N–H and O–H groups in total. The zero-order chi connectivity index (χ0) is 13.9. The molecule has 2 unspecified atom stereocenters. The SMILES string of the molecule is COCc1ccccc1C(=O)NC1CC2CCC(C1)N2.Cl. The molecular weight excluding hydrogens is 288 g/mol. The highest BCUT2D eigenvalue weighted by molar-refractivity contribution is 5.95. The van der Waals surface area contributed by atoms with Crippen molar-refractivity contribution in [3.8, 4) is 0 Å². The summed E-state index contributed by atoms with van der Waals surface area (Å²) in [6.45, 7) is 0.473. The summed E-state index contributed by atoms with van der Waals surface area (Å²) in [5.41, 5.74) is 1.68. The van der Waals surface area contributed by atoms with Crippen molar-refractivity contribution in [1.82, 2.24) is 10.6 Å². The molecule has 0 saturated carbocycles. The Morgan fingerprint density at radius 2 is 1.95 bits per heavy atom. The normalized spacial score (nSPS) is 27.0. The molecule has 2 fully saturated rings. The Bertz CT molecular complexity index is 483. The maximum absolute atomic E-state index is 12.5. The van der Waals surface area contributed by atoms with Gasteiger partial charge in [0, 0.05) is 30.8 Å². The molecule has 2 aliphatic rings. The third-order valence-electron chi connectivity index (χ3n) is 4.37. The van der Waals surface area contributed by atoms with E-state index in [1.54, 1.807) is 7.11 Å². The second-order valence-corrected chi connectivity index (χ2v) is 5.87. The van der Waals surface area contributed by atoms with E-state index in [0.717, 1.165) is 24.0 Å². The van der Waals surface area contributed by atoms with Crippen LogP contribution in [0, 0.1) is 0 Å². The zero-order valence-electron chi connectivity index (χ0n) is 12.3. The number of ether oxygens (including phenoxy) is 1. The van der Waals surface area contributed by atoms with Crippen LogP contribution in [-0.4, -0.2) is 31.1 Å². The lowest BCUT2D eigenvalue weighted by Gasteiger charge is -2.29. The summed E-state index contributed by atoms with van der Waals surface area (Å²) in [6, 6.07) is 9.15. The first kappa shape index (κ1) is 16.3. The average molecular weight is 311 g/mol. The van der Waals surface area contributed by atoms with Gasteiger partial charge in [-0.2, -0.15) is 0 Å². The molecule has 21 heavy (non-hydrogen) atoms. The molecule has 2 saturated heterocycles. The maximum atomic E-state index is 12.5. The van der Waals surface area contributed by atoms with Gasteiger partial charge in [-0.25, -0.2) is 0 Å². The zero-order valence-corrected chi connectivity index (χ0v) is 13.1. The van der Waals surface area contributed by atoms with E-state index in [9.17, 15) is 4.79 Å². The van der Waals surface area contributed by atoms with Crippen LogP contribution in [0.25, 0.3) is 0 Å². The maximum Gasteiger partial charge on any atom is 0.251 e. The summed E-state index contributed by atoms with van der Waals surface area (Å²) >= 11 is 0. The topological polar surface area (TPSA) is 50.4 Å². The molecule has 0 aromatic heterocycles. The monoisotopic (exact) mass is 310 g/mol. The summed E-state index contributed by atoms with van der Waals surface area (Å²) in [4.78, 5) is 12.5. The van der Waals surface area contributed by atoms with Gasteiger partial charge in [0.2, 0.25) is 0 Å². The summed E-state index contributed by atoms with van der Waals surface area (Å²) in [7, 11) is 1.65. The van der Waals surface area contributed by atoms with Crippen molar-refractivity contribution in [2.24, 2.45) is 0 Å². The molecule has 4 nitrogen and oxygen atoms in total. The summed E-state index contributed by atoms with van der Waals surface area (Å²) in [5, 5.41) is 6.79. The highest BCUT2D eigenvalue weighted by atomic mass is 35.5. The van der Waals surface area contributed by atoms with Gasteiger partial charge in [-0.05, 0) is 37.3 Å². The first-order valence-electron chi connectivity index (χ1n) is 7.40. The molecule has 3 rings (SSSR count). The molecule has 5 heteroatoms. The minimum absolute atomic E-state index is 0. The van der Waals surface area contributed by atoms with Crippen LogP contribution in [0.15, 0.2) is 24.3 Å². The molecule has 0 radical (unpaired) electrons. The number of carbonyl (C=O) groups excluding carboxylic acids is 1. The standard InChI is InChI=1S/C16H22N2O2.ClH/c1-20-10-11-4-2-3-5-15(11)16(19)18-14-8-12-6-7-13(9-14)17-12;/h2-5,12-14,17H,6-10H2,1H3,(H,18,19);1H. The van der Waals surface area contributed by atoms with Crippen molar-refractivity contribution >= 4 is 18.3 Å². The van der Waals surface area contributed by atoms with E-state index in [2.05, 4.69) is 10.6 Å². The van der Waals surface area contributed by atoms with E-state index in [1.165, 1.54) is 12.8 Å². The molecule has 0 aliphatic carbocycles. The molecule has 2 heterocycles. The number of benzene rings is 1. The summed E-state index contributed by atoms with van der Waals surface area (Å²) < 4.78 is 5.16. The molecule has 1 aromatic carbocycles. The van der Waals surface area contributed by atoms with Gasteiger partial charge in [0.15, 0.2) is 0 Å². The largest absolute Gasteiger partial charge is 0.380 e. The van der Waals surface area contributed by atoms with E-state index >= 15 is 0 Å². The molecule has 2 aliphatic heterocycles. The third kappa shape index (κ3) is 3.76.